The van der Waals surface area contributed by atoms with Gasteiger partial charge in [-0.3, -0.25) is 9.20 Å². The lowest BCUT2D eigenvalue weighted by molar-refractivity contribution is 0.111. The molecule has 2 aromatic heterocycles. The number of imidazole rings is 1. The Labute approximate surface area is 125 Å². The van der Waals surface area contributed by atoms with Crippen molar-refractivity contribution in [2.45, 2.75) is 0 Å². The van der Waals surface area contributed by atoms with Crippen molar-refractivity contribution in [2.24, 2.45) is 0 Å². The van der Waals surface area contributed by atoms with Gasteiger partial charge in [0.15, 0.2) is 16.9 Å². The molecule has 0 spiro atoms. The lowest BCUT2D eigenvalue weighted by Crippen LogP contribution is -1.92. The summed E-state index contributed by atoms with van der Waals surface area (Å²) in [7, 11) is 0. The van der Waals surface area contributed by atoms with E-state index in [0.29, 0.717) is 25.9 Å². The molecule has 96 valence electrons. The van der Waals surface area contributed by atoms with Crippen LogP contribution in [-0.4, -0.2) is 15.7 Å². The number of ether oxygens (including phenoxy) is 1. The van der Waals surface area contributed by atoms with Crippen LogP contribution in [0.25, 0.3) is 4.96 Å². The van der Waals surface area contributed by atoms with Crippen LogP contribution in [0.3, 0.4) is 0 Å². The summed E-state index contributed by atoms with van der Waals surface area (Å²) >= 11 is 10.7. The lowest BCUT2D eigenvalue weighted by Gasteiger charge is -2.05. The van der Waals surface area contributed by atoms with Crippen molar-refractivity contribution < 1.29 is 9.53 Å². The number of rotatable bonds is 3. The molecule has 0 N–H and O–H groups in total. The predicted octanol–water partition coefficient (Wildman–Crippen LogP) is 4.42. The third-order valence-corrected chi connectivity index (χ3v) is 4.09. The molecular formula is C12H6BrClN2O2S. The van der Waals surface area contributed by atoms with Gasteiger partial charge < -0.3 is 4.74 Å². The van der Waals surface area contributed by atoms with Crippen LogP contribution in [0.15, 0.2) is 34.2 Å². The standard InChI is InChI=1S/C12H6BrClN2O2S/c13-8-5-7(14)1-2-10(8)18-11-9(6-17)16-3-4-19-12(16)15-11/h1-6H. The van der Waals surface area contributed by atoms with Crippen molar-refractivity contribution in [3.8, 4) is 11.6 Å². The second kappa shape index (κ2) is 4.96. The van der Waals surface area contributed by atoms with E-state index in [4.69, 9.17) is 16.3 Å². The number of thiazole rings is 1. The maximum absolute atomic E-state index is 11.2. The first-order valence-electron chi connectivity index (χ1n) is 5.22. The fourth-order valence-electron chi connectivity index (χ4n) is 1.63. The summed E-state index contributed by atoms with van der Waals surface area (Å²) in [6, 6.07) is 5.14. The molecule has 3 aromatic rings. The summed E-state index contributed by atoms with van der Waals surface area (Å²) in [6.07, 6.45) is 2.51. The maximum Gasteiger partial charge on any atom is 0.250 e. The Morgan fingerprint density at radius 2 is 2.32 bits per heavy atom. The number of hydrogen-bond acceptors (Lipinski definition) is 4. The molecule has 0 atom stereocenters. The number of hydrogen-bond donors (Lipinski definition) is 0. The molecule has 0 aliphatic carbocycles. The highest BCUT2D eigenvalue weighted by atomic mass is 79.9. The highest BCUT2D eigenvalue weighted by Crippen LogP contribution is 2.33. The highest BCUT2D eigenvalue weighted by Gasteiger charge is 2.15. The third-order valence-electron chi connectivity index (χ3n) is 2.48. The average Bonchev–Trinajstić information content (AvgIpc) is 2.92. The smallest absolute Gasteiger partial charge is 0.250 e. The van der Waals surface area contributed by atoms with Crippen molar-refractivity contribution >= 4 is 50.1 Å². The SMILES string of the molecule is O=Cc1c(Oc2ccc(Cl)cc2Br)nc2sccn12. The van der Waals surface area contributed by atoms with Crippen LogP contribution in [-0.2, 0) is 0 Å². The maximum atomic E-state index is 11.2. The first-order valence-corrected chi connectivity index (χ1v) is 7.28. The van der Waals surface area contributed by atoms with E-state index in [0.717, 1.165) is 6.29 Å². The number of carbonyl (C=O) groups excluding carboxylic acids is 1. The molecule has 3 rings (SSSR count). The average molecular weight is 358 g/mol. The first kappa shape index (κ1) is 12.7. The minimum absolute atomic E-state index is 0.282. The second-order valence-corrected chi connectivity index (χ2v) is 5.82. The summed E-state index contributed by atoms with van der Waals surface area (Å²) in [6.45, 7) is 0. The Bertz CT molecular complexity index is 768. The van der Waals surface area contributed by atoms with Crippen LogP contribution in [0, 0.1) is 0 Å². The summed E-state index contributed by atoms with van der Waals surface area (Å²) < 4.78 is 8.06. The number of nitrogens with zero attached hydrogens (tertiary/aromatic N) is 2. The van der Waals surface area contributed by atoms with E-state index in [-0.39, 0.29) is 5.88 Å². The quantitative estimate of drug-likeness (QED) is 0.652. The van der Waals surface area contributed by atoms with Crippen molar-refractivity contribution in [3.05, 3.63) is 45.0 Å². The van der Waals surface area contributed by atoms with E-state index >= 15 is 0 Å². The fourth-order valence-corrected chi connectivity index (χ4v) is 3.10. The van der Waals surface area contributed by atoms with Gasteiger partial charge in [0.25, 0.3) is 0 Å². The molecule has 0 aliphatic rings. The molecule has 0 aliphatic heterocycles. The minimum Gasteiger partial charge on any atom is -0.436 e. The number of carbonyl (C=O) groups is 1. The topological polar surface area (TPSA) is 43.6 Å². The lowest BCUT2D eigenvalue weighted by atomic mass is 10.3. The fraction of sp³-hybridized carbons (Fsp3) is 0. The van der Waals surface area contributed by atoms with Crippen molar-refractivity contribution in [1.82, 2.24) is 9.38 Å². The zero-order chi connectivity index (χ0) is 13.4. The van der Waals surface area contributed by atoms with Gasteiger partial charge in [0, 0.05) is 16.6 Å². The van der Waals surface area contributed by atoms with Gasteiger partial charge in [-0.2, -0.15) is 4.98 Å². The number of benzene rings is 1. The first-order chi connectivity index (χ1) is 9.19. The molecule has 0 radical (unpaired) electrons. The van der Waals surface area contributed by atoms with Gasteiger partial charge in [0.05, 0.1) is 4.47 Å². The number of aldehydes is 1. The van der Waals surface area contributed by atoms with Gasteiger partial charge in [0.2, 0.25) is 5.88 Å². The van der Waals surface area contributed by atoms with Gasteiger partial charge >= 0.3 is 0 Å². The van der Waals surface area contributed by atoms with Crippen LogP contribution < -0.4 is 4.74 Å². The van der Waals surface area contributed by atoms with Crippen molar-refractivity contribution in [2.75, 3.05) is 0 Å². The number of fused-ring (bicyclic) bond motifs is 1. The molecule has 0 amide bonds. The molecule has 0 fully saturated rings. The minimum atomic E-state index is 0.282. The van der Waals surface area contributed by atoms with E-state index in [1.807, 2.05) is 5.38 Å². The van der Waals surface area contributed by atoms with Crippen LogP contribution in [0.1, 0.15) is 10.5 Å². The molecule has 2 heterocycles. The van der Waals surface area contributed by atoms with Gasteiger partial charge in [0.1, 0.15) is 5.75 Å². The zero-order valence-electron chi connectivity index (χ0n) is 9.34. The van der Waals surface area contributed by atoms with E-state index in [1.165, 1.54) is 11.3 Å². The Hall–Kier alpha value is -1.37. The highest BCUT2D eigenvalue weighted by molar-refractivity contribution is 9.10. The van der Waals surface area contributed by atoms with Gasteiger partial charge in [-0.1, -0.05) is 11.6 Å². The van der Waals surface area contributed by atoms with E-state index in [2.05, 4.69) is 20.9 Å². The molecule has 19 heavy (non-hydrogen) atoms. The van der Waals surface area contributed by atoms with Crippen LogP contribution in [0.4, 0.5) is 0 Å². The van der Waals surface area contributed by atoms with Crippen LogP contribution in [0.2, 0.25) is 5.02 Å². The monoisotopic (exact) mass is 356 g/mol. The van der Waals surface area contributed by atoms with Crippen molar-refractivity contribution in [3.63, 3.8) is 0 Å². The van der Waals surface area contributed by atoms with Crippen LogP contribution in [0.5, 0.6) is 11.6 Å². The number of aromatic nitrogens is 2. The number of halogens is 2. The molecule has 0 bridgehead atoms. The van der Waals surface area contributed by atoms with Gasteiger partial charge in [-0.15, -0.1) is 11.3 Å². The molecule has 1 aromatic carbocycles. The van der Waals surface area contributed by atoms with E-state index in [9.17, 15) is 4.79 Å². The largest absolute Gasteiger partial charge is 0.436 e. The van der Waals surface area contributed by atoms with Crippen molar-refractivity contribution in [1.29, 1.82) is 0 Å². The Morgan fingerprint density at radius 3 is 3.05 bits per heavy atom. The summed E-state index contributed by atoms with van der Waals surface area (Å²) in [5, 5.41) is 2.46. The van der Waals surface area contributed by atoms with E-state index in [1.54, 1.807) is 28.8 Å². The predicted molar refractivity (Wildman–Crippen MR) is 77.7 cm³/mol. The summed E-state index contributed by atoms with van der Waals surface area (Å²) in [4.78, 5) is 16.1. The molecule has 0 unspecified atom stereocenters. The van der Waals surface area contributed by atoms with E-state index < -0.39 is 0 Å². The molecule has 0 saturated carbocycles. The third kappa shape index (κ3) is 2.27. The van der Waals surface area contributed by atoms with Gasteiger partial charge in [-0.25, -0.2) is 0 Å². The van der Waals surface area contributed by atoms with Gasteiger partial charge in [-0.05, 0) is 34.1 Å². The zero-order valence-corrected chi connectivity index (χ0v) is 12.5. The molecule has 7 heteroatoms. The Balaban J connectivity index is 2.05. The van der Waals surface area contributed by atoms with Crippen LogP contribution >= 0.6 is 38.9 Å². The molecule has 0 saturated heterocycles. The normalized spacial score (nSPS) is 10.8. The Kier molecular flexibility index (Phi) is 3.30. The molecule has 4 nitrogen and oxygen atoms in total. The second-order valence-electron chi connectivity index (χ2n) is 3.65. The molecular weight excluding hydrogens is 352 g/mol. The Morgan fingerprint density at radius 1 is 1.47 bits per heavy atom. The summed E-state index contributed by atoms with van der Waals surface area (Å²) in [5.41, 5.74) is 0.387. The summed E-state index contributed by atoms with van der Waals surface area (Å²) in [5.74, 6) is 0.836.